The van der Waals surface area contributed by atoms with Crippen LogP contribution in [0, 0.1) is 5.82 Å². The summed E-state index contributed by atoms with van der Waals surface area (Å²) < 4.78 is 19.8. The van der Waals surface area contributed by atoms with Gasteiger partial charge in [0, 0.05) is 4.47 Å². The summed E-state index contributed by atoms with van der Waals surface area (Å²) in [5.41, 5.74) is 4.19. The van der Waals surface area contributed by atoms with E-state index in [0.29, 0.717) is 5.75 Å². The van der Waals surface area contributed by atoms with Gasteiger partial charge in [0.2, 0.25) is 0 Å². The van der Waals surface area contributed by atoms with E-state index in [4.69, 9.17) is 4.74 Å². The van der Waals surface area contributed by atoms with E-state index in [9.17, 15) is 14.0 Å². The van der Waals surface area contributed by atoms with Crippen LogP contribution in [0.4, 0.5) is 4.39 Å². The van der Waals surface area contributed by atoms with Gasteiger partial charge in [0.05, 0.1) is 5.56 Å². The number of nitrogens with one attached hydrogen (secondary N) is 2. The number of hydrogen-bond donors (Lipinski definition) is 2. The Hall–Kier alpha value is -2.41. The lowest BCUT2D eigenvalue weighted by molar-refractivity contribution is -0.128. The highest BCUT2D eigenvalue weighted by molar-refractivity contribution is 9.10. The van der Waals surface area contributed by atoms with Crippen LogP contribution >= 0.6 is 15.9 Å². The normalized spacial score (nSPS) is 11.4. The minimum atomic E-state index is -0.836. The Morgan fingerprint density at radius 3 is 2.39 bits per heavy atom. The van der Waals surface area contributed by atoms with Crippen LogP contribution in [0.1, 0.15) is 17.3 Å². The summed E-state index contributed by atoms with van der Waals surface area (Å²) in [4.78, 5) is 23.7. The van der Waals surface area contributed by atoms with E-state index in [2.05, 4.69) is 26.8 Å². The summed E-state index contributed by atoms with van der Waals surface area (Å²) in [6.45, 7) is 1.53. The summed E-state index contributed by atoms with van der Waals surface area (Å²) in [7, 11) is 0. The number of halogens is 2. The molecule has 2 rings (SSSR count). The first kappa shape index (κ1) is 17.0. The molecule has 0 unspecified atom stereocenters. The molecule has 0 heterocycles. The summed E-state index contributed by atoms with van der Waals surface area (Å²) in [5, 5.41) is 0. The zero-order valence-corrected chi connectivity index (χ0v) is 13.8. The van der Waals surface area contributed by atoms with E-state index in [-0.39, 0.29) is 5.56 Å². The molecule has 0 aliphatic rings. The highest BCUT2D eigenvalue weighted by Crippen LogP contribution is 2.17. The van der Waals surface area contributed by atoms with Crippen molar-refractivity contribution in [2.75, 3.05) is 0 Å². The quantitative estimate of drug-likeness (QED) is 0.801. The fourth-order valence-electron chi connectivity index (χ4n) is 1.70. The lowest BCUT2D eigenvalue weighted by Crippen LogP contribution is -2.47. The third kappa shape index (κ3) is 4.79. The summed E-state index contributed by atoms with van der Waals surface area (Å²) >= 11 is 3.30. The lowest BCUT2D eigenvalue weighted by atomic mass is 10.2. The van der Waals surface area contributed by atoms with Crippen LogP contribution in [-0.4, -0.2) is 17.9 Å². The molecular formula is C16H14BrFN2O3. The van der Waals surface area contributed by atoms with Crippen LogP contribution in [0.2, 0.25) is 0 Å². The van der Waals surface area contributed by atoms with Gasteiger partial charge in [0.1, 0.15) is 11.6 Å². The molecule has 5 nitrogen and oxygen atoms in total. The number of carbonyl (C=O) groups excluding carboxylic acids is 2. The molecule has 2 aromatic carbocycles. The summed E-state index contributed by atoms with van der Waals surface area (Å²) in [5.74, 6) is -1.46. The van der Waals surface area contributed by atoms with E-state index in [1.54, 1.807) is 24.3 Å². The fraction of sp³-hybridized carbons (Fsp3) is 0.125. The third-order valence-electron chi connectivity index (χ3n) is 2.91. The summed E-state index contributed by atoms with van der Waals surface area (Å²) in [6.07, 6.45) is -0.836. The molecule has 23 heavy (non-hydrogen) atoms. The van der Waals surface area contributed by atoms with Gasteiger partial charge in [0.15, 0.2) is 6.10 Å². The Morgan fingerprint density at radius 1 is 1.09 bits per heavy atom. The van der Waals surface area contributed by atoms with Crippen molar-refractivity contribution in [1.82, 2.24) is 10.9 Å². The number of ether oxygens (including phenoxy) is 1. The Bertz CT molecular complexity index is 707. The van der Waals surface area contributed by atoms with Crippen LogP contribution in [0.25, 0.3) is 0 Å². The number of hydrogen-bond acceptors (Lipinski definition) is 3. The van der Waals surface area contributed by atoms with E-state index in [0.717, 1.165) is 10.5 Å². The average molecular weight is 381 g/mol. The second kappa shape index (κ2) is 7.73. The zero-order valence-electron chi connectivity index (χ0n) is 12.2. The van der Waals surface area contributed by atoms with Gasteiger partial charge in [0.25, 0.3) is 11.8 Å². The maximum atomic E-state index is 13.4. The van der Waals surface area contributed by atoms with Crippen LogP contribution in [0.3, 0.4) is 0 Å². The van der Waals surface area contributed by atoms with Gasteiger partial charge in [-0.1, -0.05) is 28.1 Å². The second-order valence-electron chi connectivity index (χ2n) is 4.64. The molecule has 0 aliphatic heterocycles. The van der Waals surface area contributed by atoms with Crippen molar-refractivity contribution >= 4 is 27.7 Å². The van der Waals surface area contributed by atoms with Crippen molar-refractivity contribution in [2.24, 2.45) is 0 Å². The fourth-order valence-corrected chi connectivity index (χ4v) is 1.97. The Labute approximate surface area is 140 Å². The predicted molar refractivity (Wildman–Crippen MR) is 86.2 cm³/mol. The van der Waals surface area contributed by atoms with Gasteiger partial charge in [-0.2, -0.15) is 0 Å². The molecule has 0 saturated heterocycles. The summed E-state index contributed by atoms with van der Waals surface area (Å²) in [6, 6.07) is 12.4. The first-order chi connectivity index (χ1) is 11.0. The third-order valence-corrected chi connectivity index (χ3v) is 3.44. The molecule has 2 N–H and O–H groups in total. The van der Waals surface area contributed by atoms with Crippen molar-refractivity contribution < 1.29 is 18.7 Å². The molecular weight excluding hydrogens is 367 g/mol. The number of amides is 2. The maximum absolute atomic E-state index is 13.4. The molecule has 0 bridgehead atoms. The number of hydrazine groups is 1. The Morgan fingerprint density at radius 2 is 1.74 bits per heavy atom. The molecule has 0 aliphatic carbocycles. The molecule has 0 spiro atoms. The molecule has 0 aromatic heterocycles. The highest BCUT2D eigenvalue weighted by atomic mass is 79.9. The van der Waals surface area contributed by atoms with Crippen molar-refractivity contribution in [2.45, 2.75) is 13.0 Å². The van der Waals surface area contributed by atoms with Crippen LogP contribution in [-0.2, 0) is 4.79 Å². The van der Waals surface area contributed by atoms with Gasteiger partial charge in [-0.3, -0.25) is 20.4 Å². The monoisotopic (exact) mass is 380 g/mol. The Balaban J connectivity index is 1.87. The Kier molecular flexibility index (Phi) is 5.70. The zero-order chi connectivity index (χ0) is 16.8. The predicted octanol–water partition coefficient (Wildman–Crippen LogP) is 2.82. The molecule has 0 saturated carbocycles. The van der Waals surface area contributed by atoms with E-state index in [1.165, 1.54) is 25.1 Å². The standard InChI is InChI=1S/C16H14BrFN2O3/c1-10(23-12-8-6-11(17)7-9-12)15(21)19-20-16(22)13-4-2-3-5-14(13)18/h2-10H,1H3,(H,19,21)(H,20,22)/t10-/m0/s1. The molecule has 7 heteroatoms. The minimum Gasteiger partial charge on any atom is -0.481 e. The van der Waals surface area contributed by atoms with Crippen molar-refractivity contribution in [3.8, 4) is 5.75 Å². The number of carbonyl (C=O) groups is 2. The molecule has 1 atom stereocenters. The molecule has 120 valence electrons. The van der Waals surface area contributed by atoms with Gasteiger partial charge in [-0.25, -0.2) is 4.39 Å². The maximum Gasteiger partial charge on any atom is 0.279 e. The van der Waals surface area contributed by atoms with Crippen LogP contribution in [0.15, 0.2) is 53.0 Å². The second-order valence-corrected chi connectivity index (χ2v) is 5.55. The topological polar surface area (TPSA) is 67.4 Å². The minimum absolute atomic E-state index is 0.158. The average Bonchev–Trinajstić information content (AvgIpc) is 2.54. The van der Waals surface area contributed by atoms with E-state index >= 15 is 0 Å². The largest absolute Gasteiger partial charge is 0.481 e. The number of benzene rings is 2. The molecule has 2 aromatic rings. The molecule has 0 radical (unpaired) electrons. The first-order valence-corrected chi connectivity index (χ1v) is 7.53. The van der Waals surface area contributed by atoms with E-state index in [1.807, 2.05) is 0 Å². The van der Waals surface area contributed by atoms with Crippen LogP contribution < -0.4 is 15.6 Å². The van der Waals surface area contributed by atoms with Crippen molar-refractivity contribution in [1.29, 1.82) is 0 Å². The smallest absolute Gasteiger partial charge is 0.279 e. The number of rotatable bonds is 4. The SMILES string of the molecule is C[C@H](Oc1ccc(Br)cc1)C(=O)NNC(=O)c1ccccc1F. The lowest BCUT2D eigenvalue weighted by Gasteiger charge is -2.15. The molecule has 2 amide bonds. The molecule has 0 fully saturated rings. The van der Waals surface area contributed by atoms with Gasteiger partial charge in [-0.05, 0) is 43.3 Å². The first-order valence-electron chi connectivity index (χ1n) is 6.74. The van der Waals surface area contributed by atoms with Gasteiger partial charge < -0.3 is 4.74 Å². The van der Waals surface area contributed by atoms with Gasteiger partial charge in [-0.15, -0.1) is 0 Å². The van der Waals surface area contributed by atoms with Crippen LogP contribution in [0.5, 0.6) is 5.75 Å². The van der Waals surface area contributed by atoms with Crippen molar-refractivity contribution in [3.05, 3.63) is 64.4 Å². The highest BCUT2D eigenvalue weighted by Gasteiger charge is 2.17. The van der Waals surface area contributed by atoms with Gasteiger partial charge >= 0.3 is 0 Å². The van der Waals surface area contributed by atoms with E-state index < -0.39 is 23.7 Å². The van der Waals surface area contributed by atoms with Crippen molar-refractivity contribution in [3.63, 3.8) is 0 Å².